The molecule has 1 aliphatic rings. The Kier molecular flexibility index (Phi) is 8.65. The van der Waals surface area contributed by atoms with Crippen LogP contribution in [0.1, 0.15) is 11.9 Å². The third kappa shape index (κ3) is 6.07. The summed E-state index contributed by atoms with van der Waals surface area (Å²) in [6.07, 6.45) is -1.36. The van der Waals surface area contributed by atoms with Crippen molar-refractivity contribution in [2.24, 2.45) is 0 Å². The molecule has 0 aromatic carbocycles. The maximum absolute atomic E-state index is 13.2. The number of hydrogen-bond donors (Lipinski definition) is 5. The highest BCUT2D eigenvalue weighted by molar-refractivity contribution is 7.54. The van der Waals surface area contributed by atoms with Crippen molar-refractivity contribution in [3.63, 3.8) is 0 Å². The molecule has 0 saturated carbocycles. The van der Waals surface area contributed by atoms with Crippen molar-refractivity contribution in [2.45, 2.75) is 31.1 Å². The summed E-state index contributed by atoms with van der Waals surface area (Å²) in [5, 5.41) is 20.8. The van der Waals surface area contributed by atoms with Crippen LogP contribution in [0.25, 0.3) is 11.3 Å². The molecular formula is C20H22N4O10P2. The van der Waals surface area contributed by atoms with Crippen LogP contribution < -0.4 is 11.2 Å². The average molecular weight is 540 g/mol. The molecule has 0 spiro atoms. The van der Waals surface area contributed by atoms with E-state index in [1.54, 1.807) is 24.4 Å². The first-order valence-electron chi connectivity index (χ1n) is 10.4. The van der Waals surface area contributed by atoms with Gasteiger partial charge < -0.3 is 34.2 Å². The van der Waals surface area contributed by atoms with Crippen LogP contribution in [0.5, 0.6) is 0 Å². The summed E-state index contributed by atoms with van der Waals surface area (Å²) < 4.78 is 16.6. The number of pyridine rings is 2. The molecule has 3 aromatic rings. The minimum Gasteiger partial charge on any atom is -0.387 e. The fraction of sp³-hybridized carbons (Fsp3) is 0.300. The van der Waals surface area contributed by atoms with E-state index >= 15 is 0 Å². The van der Waals surface area contributed by atoms with E-state index in [1.165, 1.54) is 6.20 Å². The van der Waals surface area contributed by atoms with Crippen molar-refractivity contribution in [1.82, 2.24) is 19.1 Å². The number of aliphatic hydroxyl groups excluding tert-OH is 2. The Bertz CT molecular complexity index is 1290. The monoisotopic (exact) mass is 540 g/mol. The number of nitrogens with zero attached hydrogens (tertiary/aromatic N) is 4. The van der Waals surface area contributed by atoms with E-state index in [2.05, 4.69) is 14.3 Å². The van der Waals surface area contributed by atoms with E-state index in [-0.39, 0.29) is 6.54 Å². The van der Waals surface area contributed by atoms with Crippen LogP contribution in [0.15, 0.2) is 64.6 Å². The van der Waals surface area contributed by atoms with E-state index < -0.39 is 59.6 Å². The minimum atomic E-state index is -2.86. The summed E-state index contributed by atoms with van der Waals surface area (Å²) in [6.45, 7) is -0.659. The number of hydrogen-bond acceptors (Lipinski definition) is 12. The van der Waals surface area contributed by atoms with E-state index in [1.807, 2.05) is 12.1 Å². The smallest absolute Gasteiger partial charge is 0.337 e. The van der Waals surface area contributed by atoms with Gasteiger partial charge in [-0.3, -0.25) is 23.9 Å². The summed E-state index contributed by atoms with van der Waals surface area (Å²) >= 11 is 0. The maximum atomic E-state index is 13.2. The third-order valence-corrected chi connectivity index (χ3v) is 6.81. The van der Waals surface area contributed by atoms with Crippen molar-refractivity contribution in [1.29, 1.82) is 0 Å². The first-order chi connectivity index (χ1) is 17.2. The summed E-state index contributed by atoms with van der Waals surface area (Å²) in [5.41, 5.74) is 0.424. The molecule has 1 fully saturated rings. The highest BCUT2D eigenvalue weighted by Gasteiger charge is 2.44. The first kappa shape index (κ1) is 26.6. The first-order valence-corrected chi connectivity index (χ1v) is 12.7. The van der Waals surface area contributed by atoms with Crippen molar-refractivity contribution >= 4 is 17.2 Å². The SMILES string of the molecule is O=c1ccn(C2OC(COP(O)OP(O)O)C(O)C2O)c(=O)n1Cc1cc(-c2ccccn2)ccn1. The molecule has 14 nitrogen and oxygen atoms in total. The fourth-order valence-corrected chi connectivity index (χ4v) is 4.57. The van der Waals surface area contributed by atoms with Crippen molar-refractivity contribution in [3.05, 3.63) is 81.5 Å². The van der Waals surface area contributed by atoms with Gasteiger partial charge in [0.2, 0.25) is 0 Å². The lowest BCUT2D eigenvalue weighted by atomic mass is 10.1. The van der Waals surface area contributed by atoms with Gasteiger partial charge in [0, 0.05) is 30.2 Å². The van der Waals surface area contributed by atoms with Crippen LogP contribution in [0.3, 0.4) is 0 Å². The average Bonchev–Trinajstić information content (AvgIpc) is 3.14. The zero-order chi connectivity index (χ0) is 25.8. The predicted molar refractivity (Wildman–Crippen MR) is 125 cm³/mol. The third-order valence-electron chi connectivity index (χ3n) is 5.30. The molecule has 5 unspecified atom stereocenters. The second-order valence-corrected chi connectivity index (χ2v) is 9.49. The molecule has 0 aliphatic carbocycles. The topological polar surface area (TPSA) is 199 Å². The highest BCUT2D eigenvalue weighted by atomic mass is 31.2. The van der Waals surface area contributed by atoms with Gasteiger partial charge in [-0.05, 0) is 24.3 Å². The van der Waals surface area contributed by atoms with Gasteiger partial charge in [0.1, 0.15) is 18.3 Å². The molecule has 16 heteroatoms. The maximum Gasteiger partial charge on any atom is 0.337 e. The number of rotatable bonds is 9. The van der Waals surface area contributed by atoms with Gasteiger partial charge in [-0.15, -0.1) is 0 Å². The van der Waals surface area contributed by atoms with Crippen LogP contribution in [0, 0.1) is 0 Å². The minimum absolute atomic E-state index is 0.172. The van der Waals surface area contributed by atoms with Gasteiger partial charge in [-0.2, -0.15) is 0 Å². The van der Waals surface area contributed by atoms with Crippen LogP contribution in [0.2, 0.25) is 0 Å². The normalized spacial score (nSPS) is 22.7. The molecule has 4 heterocycles. The molecule has 5 atom stereocenters. The number of aliphatic hydroxyl groups is 2. The number of ether oxygens (including phenoxy) is 1. The van der Waals surface area contributed by atoms with Gasteiger partial charge >= 0.3 is 22.9 Å². The van der Waals surface area contributed by atoms with Gasteiger partial charge in [-0.1, -0.05) is 6.07 Å². The summed E-state index contributed by atoms with van der Waals surface area (Å²) in [7, 11) is -5.53. The van der Waals surface area contributed by atoms with Gasteiger partial charge in [0.25, 0.3) is 5.56 Å². The number of aromatic nitrogens is 4. The molecule has 0 amide bonds. The lowest BCUT2D eigenvalue weighted by Crippen LogP contribution is -2.43. The molecule has 0 bridgehead atoms. The van der Waals surface area contributed by atoms with Crippen LogP contribution in [-0.2, 0) is 20.1 Å². The molecule has 5 N–H and O–H groups in total. The second-order valence-electron chi connectivity index (χ2n) is 7.60. The Morgan fingerprint density at radius 3 is 2.56 bits per heavy atom. The molecule has 192 valence electrons. The molecule has 4 rings (SSSR count). The van der Waals surface area contributed by atoms with E-state index in [0.29, 0.717) is 11.4 Å². The van der Waals surface area contributed by atoms with E-state index in [9.17, 15) is 24.7 Å². The molecule has 1 aliphatic heterocycles. The summed E-state index contributed by atoms with van der Waals surface area (Å²) in [5.74, 6) is 0. The summed E-state index contributed by atoms with van der Waals surface area (Å²) in [6, 6.07) is 9.97. The molecule has 1 saturated heterocycles. The standard InChI is InChI=1S/C20H22N4O10P2/c25-16-5-8-23(19-18(27)17(26)15(33-19)11-32-36(31)34-35(29)30)20(28)24(16)10-13-9-12(4-7-21-13)14-3-1-2-6-22-14/h1-9,15,17-19,26-27,29-31H,10-11H2. The lowest BCUT2D eigenvalue weighted by Gasteiger charge is -2.19. The van der Waals surface area contributed by atoms with Crippen molar-refractivity contribution < 1.29 is 38.5 Å². The molecule has 3 aromatic heterocycles. The van der Waals surface area contributed by atoms with Gasteiger partial charge in [0.05, 0.1) is 24.5 Å². The largest absolute Gasteiger partial charge is 0.387 e. The summed E-state index contributed by atoms with van der Waals surface area (Å²) in [4.78, 5) is 61.1. The van der Waals surface area contributed by atoms with Gasteiger partial charge in [0.15, 0.2) is 6.23 Å². The van der Waals surface area contributed by atoms with Crippen LogP contribution >= 0.6 is 17.2 Å². The molecular weight excluding hydrogens is 518 g/mol. The highest BCUT2D eigenvalue weighted by Crippen LogP contribution is 2.46. The van der Waals surface area contributed by atoms with Crippen LogP contribution in [0.4, 0.5) is 0 Å². The van der Waals surface area contributed by atoms with Gasteiger partial charge in [-0.25, -0.2) is 9.11 Å². The molecule has 36 heavy (non-hydrogen) atoms. The zero-order valence-electron chi connectivity index (χ0n) is 18.4. The Labute approximate surface area is 205 Å². The van der Waals surface area contributed by atoms with E-state index in [0.717, 1.165) is 27.0 Å². The quantitative estimate of drug-likeness (QED) is 0.220. The fourth-order valence-electron chi connectivity index (χ4n) is 3.61. The second kappa shape index (κ2) is 11.7. The Balaban J connectivity index is 1.54. The Hall–Kier alpha value is -2.48. The van der Waals surface area contributed by atoms with Crippen LogP contribution in [-0.4, -0.2) is 68.9 Å². The predicted octanol–water partition coefficient (Wildman–Crippen LogP) is -0.402. The van der Waals surface area contributed by atoms with E-state index in [4.69, 9.17) is 19.0 Å². The Morgan fingerprint density at radius 1 is 1.03 bits per heavy atom. The van der Waals surface area contributed by atoms with Crippen molar-refractivity contribution in [3.8, 4) is 11.3 Å². The molecule has 0 radical (unpaired) electrons. The Morgan fingerprint density at radius 2 is 1.83 bits per heavy atom. The van der Waals surface area contributed by atoms with Crippen molar-refractivity contribution in [2.75, 3.05) is 6.61 Å². The zero-order valence-corrected chi connectivity index (χ0v) is 20.2. The lowest BCUT2D eigenvalue weighted by molar-refractivity contribution is -0.0530.